The van der Waals surface area contributed by atoms with Gasteiger partial charge in [0.05, 0.1) is 6.61 Å². The Morgan fingerprint density at radius 3 is 1.00 bits per heavy atom. The number of aliphatic hydroxyl groups is 1. The van der Waals surface area contributed by atoms with Gasteiger partial charge in [-0.2, -0.15) is 0 Å². The molecule has 0 aliphatic rings. The number of hydrogen-bond acceptors (Lipinski definition) is 5. The van der Waals surface area contributed by atoms with Crippen molar-refractivity contribution in [2.24, 2.45) is 0 Å². The van der Waals surface area contributed by atoms with Gasteiger partial charge in [0.2, 0.25) is 0 Å². The predicted molar refractivity (Wildman–Crippen MR) is 275 cm³/mol. The van der Waals surface area contributed by atoms with Crippen molar-refractivity contribution in [2.45, 2.75) is 322 Å². The van der Waals surface area contributed by atoms with E-state index in [-0.39, 0.29) is 25.2 Å². The Labute approximate surface area is 394 Å². The van der Waals surface area contributed by atoms with Crippen LogP contribution in [0.4, 0.5) is 0 Å². The number of ether oxygens (including phenoxy) is 2. The van der Waals surface area contributed by atoms with Crippen molar-refractivity contribution in [1.29, 1.82) is 0 Å². The molecule has 0 aliphatic heterocycles. The number of carbonyl (C=O) groups is 2. The summed E-state index contributed by atoms with van der Waals surface area (Å²) in [6.45, 7) is 4.10. The van der Waals surface area contributed by atoms with Crippen LogP contribution in [0.15, 0.2) is 24.3 Å². The fourth-order valence-corrected chi connectivity index (χ4v) is 8.72. The Hall–Kier alpha value is -1.62. The minimum Gasteiger partial charge on any atom is -0.462 e. The molecule has 0 radical (unpaired) electrons. The number of rotatable bonds is 53. The zero-order valence-corrected chi connectivity index (χ0v) is 42.6. The van der Waals surface area contributed by atoms with E-state index in [2.05, 4.69) is 38.2 Å². The predicted octanol–water partition coefficient (Wildman–Crippen LogP) is 18.9. The van der Waals surface area contributed by atoms with Gasteiger partial charge >= 0.3 is 11.9 Å². The molecule has 0 aromatic heterocycles. The highest BCUT2D eigenvalue weighted by molar-refractivity contribution is 5.70. The van der Waals surface area contributed by atoms with Crippen molar-refractivity contribution in [2.75, 3.05) is 13.2 Å². The standard InChI is InChI=1S/C58H110O5/c1-3-5-7-9-11-13-15-17-18-19-20-21-22-23-24-25-26-27-28-29-30-31-32-33-34-35-36-37-38-39-41-42-44-46-48-50-52-57(60)62-55-56(54-59)63-58(61)53-51-49-47-45-43-40-16-14-12-10-8-6-4-2/h8,10,14,16,56,59H,3-7,9,11-13,15,17-55H2,1-2H3/b10-8-,16-14-. The van der Waals surface area contributed by atoms with Crippen LogP contribution in [0.25, 0.3) is 0 Å². The highest BCUT2D eigenvalue weighted by atomic mass is 16.6. The highest BCUT2D eigenvalue weighted by Gasteiger charge is 2.16. The first-order valence-corrected chi connectivity index (χ1v) is 28.4. The molecule has 1 atom stereocenters. The molecule has 0 heterocycles. The lowest BCUT2D eigenvalue weighted by Gasteiger charge is -2.15. The van der Waals surface area contributed by atoms with Crippen LogP contribution in [0.2, 0.25) is 0 Å². The van der Waals surface area contributed by atoms with Crippen molar-refractivity contribution in [3.05, 3.63) is 24.3 Å². The first kappa shape index (κ1) is 61.4. The van der Waals surface area contributed by atoms with Gasteiger partial charge in [-0.1, -0.05) is 289 Å². The largest absolute Gasteiger partial charge is 0.462 e. The molecule has 0 saturated carbocycles. The molecular weight excluding hydrogens is 777 g/mol. The number of esters is 2. The van der Waals surface area contributed by atoms with Crippen LogP contribution < -0.4 is 0 Å². The first-order chi connectivity index (χ1) is 31.1. The van der Waals surface area contributed by atoms with Gasteiger partial charge in [-0.15, -0.1) is 0 Å². The summed E-state index contributed by atoms with van der Waals surface area (Å²) in [7, 11) is 0. The summed E-state index contributed by atoms with van der Waals surface area (Å²) in [6, 6.07) is 0. The normalized spacial score (nSPS) is 12.2. The van der Waals surface area contributed by atoms with Crippen LogP contribution in [0.1, 0.15) is 316 Å². The summed E-state index contributed by atoms with van der Waals surface area (Å²) >= 11 is 0. The van der Waals surface area contributed by atoms with E-state index in [1.54, 1.807) is 0 Å². The molecule has 5 heteroatoms. The minimum absolute atomic E-state index is 0.0668. The van der Waals surface area contributed by atoms with Crippen molar-refractivity contribution >= 4 is 11.9 Å². The zero-order chi connectivity index (χ0) is 45.6. The lowest BCUT2D eigenvalue weighted by atomic mass is 10.0. The molecule has 0 saturated heterocycles. The Balaban J connectivity index is 3.34. The third-order valence-corrected chi connectivity index (χ3v) is 13.0. The zero-order valence-electron chi connectivity index (χ0n) is 42.6. The van der Waals surface area contributed by atoms with Crippen LogP contribution in [0.5, 0.6) is 0 Å². The SMILES string of the molecule is CCC/C=C\C/C=C\CCCCCCCC(=O)OC(CO)COC(=O)CCCCCCCCCCCCCCCCCCCCCCCCCCCCCCCCCCCCCC. The van der Waals surface area contributed by atoms with E-state index in [0.29, 0.717) is 12.8 Å². The monoisotopic (exact) mass is 887 g/mol. The number of carbonyl (C=O) groups excluding carboxylic acids is 2. The maximum Gasteiger partial charge on any atom is 0.306 e. The second-order valence-corrected chi connectivity index (χ2v) is 19.4. The number of hydrogen-bond donors (Lipinski definition) is 1. The van der Waals surface area contributed by atoms with Gasteiger partial charge in [-0.25, -0.2) is 0 Å². The summed E-state index contributed by atoms with van der Waals surface area (Å²) in [6.07, 6.45) is 69.0. The Morgan fingerprint density at radius 2 is 0.667 bits per heavy atom. The molecule has 1 unspecified atom stereocenters. The fourth-order valence-electron chi connectivity index (χ4n) is 8.72. The third kappa shape index (κ3) is 52.9. The molecule has 0 aromatic rings. The van der Waals surface area contributed by atoms with Crippen molar-refractivity contribution in [3.8, 4) is 0 Å². The average molecular weight is 888 g/mol. The number of allylic oxidation sites excluding steroid dienone is 4. The summed E-state index contributed by atoms with van der Waals surface area (Å²) in [5.74, 6) is -0.593. The quantitative estimate of drug-likeness (QED) is 0.0374. The smallest absolute Gasteiger partial charge is 0.306 e. The minimum atomic E-state index is -0.775. The van der Waals surface area contributed by atoms with E-state index >= 15 is 0 Å². The van der Waals surface area contributed by atoms with Crippen molar-refractivity contribution < 1.29 is 24.2 Å². The first-order valence-electron chi connectivity index (χ1n) is 28.4. The highest BCUT2D eigenvalue weighted by Crippen LogP contribution is 2.18. The maximum absolute atomic E-state index is 12.2. The number of unbranched alkanes of at least 4 members (excludes halogenated alkanes) is 41. The molecule has 0 aliphatic carbocycles. The molecule has 0 amide bonds. The van der Waals surface area contributed by atoms with E-state index in [9.17, 15) is 14.7 Å². The molecule has 0 rings (SSSR count). The molecule has 63 heavy (non-hydrogen) atoms. The fraction of sp³-hybridized carbons (Fsp3) is 0.897. The van der Waals surface area contributed by atoms with Gasteiger partial charge in [0, 0.05) is 12.8 Å². The molecular formula is C58H110O5. The van der Waals surface area contributed by atoms with Crippen molar-refractivity contribution in [3.63, 3.8) is 0 Å². The number of aliphatic hydroxyl groups excluding tert-OH is 1. The summed E-state index contributed by atoms with van der Waals surface area (Å²) in [4.78, 5) is 24.4. The van der Waals surface area contributed by atoms with Crippen molar-refractivity contribution in [1.82, 2.24) is 0 Å². The van der Waals surface area contributed by atoms with Crippen LogP contribution in [0.3, 0.4) is 0 Å². The van der Waals surface area contributed by atoms with E-state index in [4.69, 9.17) is 9.47 Å². The molecule has 0 bridgehead atoms. The molecule has 0 fully saturated rings. The Morgan fingerprint density at radius 1 is 0.365 bits per heavy atom. The maximum atomic E-state index is 12.2. The van der Waals surface area contributed by atoms with Gasteiger partial charge in [-0.3, -0.25) is 9.59 Å². The van der Waals surface area contributed by atoms with E-state index in [1.807, 2.05) is 0 Å². The second-order valence-electron chi connectivity index (χ2n) is 19.4. The summed E-state index contributed by atoms with van der Waals surface area (Å²) in [5, 5.41) is 9.60. The van der Waals surface area contributed by atoms with Gasteiger partial charge < -0.3 is 14.6 Å². The molecule has 5 nitrogen and oxygen atoms in total. The van der Waals surface area contributed by atoms with Gasteiger partial charge in [0.1, 0.15) is 6.61 Å². The topological polar surface area (TPSA) is 72.8 Å². The van der Waals surface area contributed by atoms with Crippen LogP contribution >= 0.6 is 0 Å². The summed E-state index contributed by atoms with van der Waals surface area (Å²) < 4.78 is 10.7. The average Bonchev–Trinajstić information content (AvgIpc) is 3.29. The van der Waals surface area contributed by atoms with Crippen LogP contribution in [-0.2, 0) is 19.1 Å². The van der Waals surface area contributed by atoms with Gasteiger partial charge in [-0.05, 0) is 38.5 Å². The summed E-state index contributed by atoms with van der Waals surface area (Å²) in [5.41, 5.74) is 0. The second kappa shape index (κ2) is 54.7. The van der Waals surface area contributed by atoms with Crippen LogP contribution in [-0.4, -0.2) is 36.4 Å². The molecule has 1 N–H and O–H groups in total. The van der Waals surface area contributed by atoms with E-state index < -0.39 is 6.10 Å². The Kier molecular flexibility index (Phi) is 53.3. The molecule has 372 valence electrons. The molecule has 0 spiro atoms. The Bertz CT molecular complexity index is 959. The lowest BCUT2D eigenvalue weighted by molar-refractivity contribution is -0.161. The molecule has 0 aromatic carbocycles. The lowest BCUT2D eigenvalue weighted by Crippen LogP contribution is -2.28. The van der Waals surface area contributed by atoms with E-state index in [0.717, 1.165) is 57.8 Å². The van der Waals surface area contributed by atoms with Gasteiger partial charge in [0.25, 0.3) is 0 Å². The van der Waals surface area contributed by atoms with Gasteiger partial charge in [0.15, 0.2) is 6.10 Å². The third-order valence-electron chi connectivity index (χ3n) is 13.0. The van der Waals surface area contributed by atoms with Crippen LogP contribution in [0, 0.1) is 0 Å². The van der Waals surface area contributed by atoms with E-state index in [1.165, 1.54) is 231 Å².